The summed E-state index contributed by atoms with van der Waals surface area (Å²) in [5, 5.41) is 9.51. The first-order valence-electron chi connectivity index (χ1n) is 6.32. The van der Waals surface area contributed by atoms with E-state index in [1.54, 1.807) is 4.90 Å². The first-order chi connectivity index (χ1) is 10.3. The fourth-order valence-corrected chi connectivity index (χ4v) is 4.66. The largest absolute Gasteiger partial charge is 0.478 e. The van der Waals surface area contributed by atoms with E-state index in [4.69, 9.17) is 0 Å². The second-order valence-electron chi connectivity index (χ2n) is 4.91. The molecule has 1 saturated heterocycles. The molecule has 0 spiro atoms. The van der Waals surface area contributed by atoms with Crippen LogP contribution in [0.2, 0.25) is 0 Å². The molecule has 0 radical (unpaired) electrons. The molecule has 1 amide bonds. The van der Waals surface area contributed by atoms with Crippen LogP contribution in [0, 0.1) is 0 Å². The third kappa shape index (κ3) is 3.43. The Morgan fingerprint density at radius 3 is 1.77 bits per heavy atom. The van der Waals surface area contributed by atoms with E-state index in [0.717, 1.165) is 13.1 Å². The van der Waals surface area contributed by atoms with E-state index in [9.17, 15) is 14.7 Å². The van der Waals surface area contributed by atoms with Gasteiger partial charge >= 0.3 is 5.97 Å². The molecule has 0 saturated carbocycles. The highest BCUT2D eigenvalue weighted by Gasteiger charge is 2.31. The average molecular weight is 564 g/mol. The van der Waals surface area contributed by atoms with Gasteiger partial charge in [-0.2, -0.15) is 0 Å². The normalized spacial score (nSPS) is 16.0. The smallest absolute Gasteiger partial charge is 0.337 e. The standard InChI is InChI=1S/C13H12Br4N2O3/c1-18-2-4-19(5-3-18)12(20)6-7(13(21)22)9(15)11(17)10(16)8(6)14/h2-5H2,1H3,(H,21,22). The van der Waals surface area contributed by atoms with Crippen LogP contribution in [0.3, 0.4) is 0 Å². The van der Waals surface area contributed by atoms with Gasteiger partial charge in [-0.1, -0.05) is 0 Å². The molecule has 1 aromatic rings. The Bertz CT molecular complexity index is 643. The van der Waals surface area contributed by atoms with Crippen LogP contribution in [-0.4, -0.2) is 60.0 Å². The quantitative estimate of drug-likeness (QED) is 0.439. The van der Waals surface area contributed by atoms with Crippen LogP contribution < -0.4 is 0 Å². The summed E-state index contributed by atoms with van der Waals surface area (Å²) in [5.74, 6) is -1.44. The number of amides is 1. The number of rotatable bonds is 2. The summed E-state index contributed by atoms with van der Waals surface area (Å²) in [7, 11) is 1.99. The number of nitrogens with zero attached hydrogens (tertiary/aromatic N) is 2. The summed E-state index contributed by atoms with van der Waals surface area (Å²) >= 11 is 13.3. The van der Waals surface area contributed by atoms with Gasteiger partial charge in [-0.3, -0.25) is 4.79 Å². The number of aromatic carboxylic acids is 1. The zero-order chi connectivity index (χ0) is 16.6. The van der Waals surface area contributed by atoms with Crippen molar-refractivity contribution in [2.75, 3.05) is 33.2 Å². The molecule has 1 aromatic carbocycles. The van der Waals surface area contributed by atoms with Crippen molar-refractivity contribution in [1.82, 2.24) is 9.80 Å². The van der Waals surface area contributed by atoms with Crippen molar-refractivity contribution in [3.8, 4) is 0 Å². The molecule has 0 aliphatic carbocycles. The predicted octanol–water partition coefficient (Wildman–Crippen LogP) is 3.82. The molecule has 1 heterocycles. The van der Waals surface area contributed by atoms with Crippen LogP contribution in [-0.2, 0) is 0 Å². The summed E-state index contributed by atoms with van der Waals surface area (Å²) in [6.45, 7) is 2.69. The highest BCUT2D eigenvalue weighted by atomic mass is 79.9. The molecule has 0 atom stereocenters. The Morgan fingerprint density at radius 1 is 0.864 bits per heavy atom. The summed E-state index contributed by atoms with van der Waals surface area (Å²) in [4.78, 5) is 28.3. The number of carboxylic acids is 1. The summed E-state index contributed by atoms with van der Waals surface area (Å²) in [6, 6.07) is 0. The molecule has 1 aliphatic rings. The molecular formula is C13H12Br4N2O3. The van der Waals surface area contributed by atoms with Gasteiger partial charge in [0.15, 0.2) is 0 Å². The summed E-state index contributed by atoms with van der Waals surface area (Å²) in [6.07, 6.45) is 0. The van der Waals surface area contributed by atoms with Crippen LogP contribution >= 0.6 is 63.7 Å². The van der Waals surface area contributed by atoms with Gasteiger partial charge in [-0.05, 0) is 70.8 Å². The molecule has 5 nitrogen and oxygen atoms in total. The number of carbonyl (C=O) groups is 2. The molecule has 9 heteroatoms. The number of piperazine rings is 1. The Labute approximate surface area is 161 Å². The zero-order valence-corrected chi connectivity index (χ0v) is 17.8. The maximum Gasteiger partial charge on any atom is 0.337 e. The average Bonchev–Trinajstić information content (AvgIpc) is 2.48. The molecule has 0 aromatic heterocycles. The van der Waals surface area contributed by atoms with Gasteiger partial charge in [0.1, 0.15) is 0 Å². The lowest BCUT2D eigenvalue weighted by Crippen LogP contribution is -2.47. The van der Waals surface area contributed by atoms with Gasteiger partial charge < -0.3 is 14.9 Å². The van der Waals surface area contributed by atoms with E-state index >= 15 is 0 Å². The van der Waals surface area contributed by atoms with Crippen LogP contribution in [0.4, 0.5) is 0 Å². The van der Waals surface area contributed by atoms with Crippen molar-refractivity contribution in [2.24, 2.45) is 0 Å². The molecule has 0 bridgehead atoms. The van der Waals surface area contributed by atoms with E-state index in [-0.39, 0.29) is 17.0 Å². The molecule has 1 aliphatic heterocycles. The second-order valence-corrected chi connectivity index (χ2v) is 8.08. The fraction of sp³-hybridized carbons (Fsp3) is 0.385. The predicted molar refractivity (Wildman–Crippen MR) is 97.6 cm³/mol. The number of benzene rings is 1. The molecular weight excluding hydrogens is 552 g/mol. The minimum atomic E-state index is -1.15. The van der Waals surface area contributed by atoms with Crippen molar-refractivity contribution < 1.29 is 14.7 Å². The maximum absolute atomic E-state index is 12.8. The van der Waals surface area contributed by atoms with Gasteiger partial charge in [0, 0.05) is 44.1 Å². The first kappa shape index (κ1) is 18.4. The molecule has 1 N–H and O–H groups in total. The highest BCUT2D eigenvalue weighted by Crippen LogP contribution is 2.42. The number of carbonyl (C=O) groups excluding carboxylic acids is 1. The van der Waals surface area contributed by atoms with Crippen LogP contribution in [0.5, 0.6) is 0 Å². The lowest BCUT2D eigenvalue weighted by atomic mass is 10.1. The number of hydrogen-bond acceptors (Lipinski definition) is 3. The summed E-state index contributed by atoms with van der Waals surface area (Å²) in [5.41, 5.74) is 0.102. The third-order valence-electron chi connectivity index (χ3n) is 3.49. The van der Waals surface area contributed by atoms with Crippen molar-refractivity contribution in [1.29, 1.82) is 0 Å². The van der Waals surface area contributed by atoms with Crippen molar-refractivity contribution in [3.05, 3.63) is 29.0 Å². The second kappa shape index (κ2) is 7.29. The fourth-order valence-electron chi connectivity index (χ4n) is 2.20. The van der Waals surface area contributed by atoms with Crippen molar-refractivity contribution in [3.63, 3.8) is 0 Å². The highest BCUT2D eigenvalue weighted by molar-refractivity contribution is 9.15. The topological polar surface area (TPSA) is 60.9 Å². The SMILES string of the molecule is CN1CCN(C(=O)c2c(Br)c(Br)c(Br)c(Br)c2C(=O)O)CC1. The van der Waals surface area contributed by atoms with Gasteiger partial charge in [0.05, 0.1) is 11.1 Å². The number of halogens is 4. The zero-order valence-electron chi connectivity index (χ0n) is 11.5. The maximum atomic E-state index is 12.8. The molecule has 0 unspecified atom stereocenters. The van der Waals surface area contributed by atoms with E-state index < -0.39 is 5.97 Å². The number of carboxylic acid groups (broad SMARTS) is 1. The molecule has 1 fully saturated rings. The van der Waals surface area contributed by atoms with E-state index in [2.05, 4.69) is 68.6 Å². The first-order valence-corrected chi connectivity index (χ1v) is 9.50. The molecule has 120 valence electrons. The monoisotopic (exact) mass is 560 g/mol. The van der Waals surface area contributed by atoms with Crippen LogP contribution in [0.25, 0.3) is 0 Å². The third-order valence-corrected chi connectivity index (χ3v) is 8.25. The lowest BCUT2D eigenvalue weighted by Gasteiger charge is -2.33. The van der Waals surface area contributed by atoms with E-state index in [1.807, 2.05) is 7.05 Å². The van der Waals surface area contributed by atoms with Gasteiger partial charge in [0.2, 0.25) is 0 Å². The Morgan fingerprint density at radius 2 is 1.32 bits per heavy atom. The van der Waals surface area contributed by atoms with E-state index in [1.165, 1.54) is 0 Å². The van der Waals surface area contributed by atoms with Crippen molar-refractivity contribution >= 4 is 75.6 Å². The Hall–Kier alpha value is 0.0400. The lowest BCUT2D eigenvalue weighted by molar-refractivity contribution is 0.0633. The Balaban J connectivity index is 2.54. The van der Waals surface area contributed by atoms with Gasteiger partial charge in [0.25, 0.3) is 5.91 Å². The van der Waals surface area contributed by atoms with E-state index in [0.29, 0.717) is 31.0 Å². The van der Waals surface area contributed by atoms with Gasteiger partial charge in [-0.25, -0.2) is 4.79 Å². The number of hydrogen-bond donors (Lipinski definition) is 1. The number of likely N-dealkylation sites (N-methyl/N-ethyl adjacent to an activating group) is 1. The van der Waals surface area contributed by atoms with Gasteiger partial charge in [-0.15, -0.1) is 0 Å². The molecule has 2 rings (SSSR count). The Kier molecular flexibility index (Phi) is 6.09. The van der Waals surface area contributed by atoms with Crippen LogP contribution in [0.15, 0.2) is 17.9 Å². The molecule has 22 heavy (non-hydrogen) atoms. The van der Waals surface area contributed by atoms with Crippen LogP contribution in [0.1, 0.15) is 20.7 Å². The minimum absolute atomic E-state index is 0.0501. The summed E-state index contributed by atoms with van der Waals surface area (Å²) < 4.78 is 1.92. The van der Waals surface area contributed by atoms with Crippen molar-refractivity contribution in [2.45, 2.75) is 0 Å². The minimum Gasteiger partial charge on any atom is -0.478 e.